The highest BCUT2D eigenvalue weighted by Crippen LogP contribution is 2.30. The molecule has 0 aromatic heterocycles. The van der Waals surface area contributed by atoms with Gasteiger partial charge in [-0.1, -0.05) is 0 Å². The number of halogens is 1. The van der Waals surface area contributed by atoms with Gasteiger partial charge in [0.25, 0.3) is 0 Å². The number of hydrogen-bond acceptors (Lipinski definition) is 4. The normalized spacial score (nSPS) is 13.3. The van der Waals surface area contributed by atoms with Gasteiger partial charge in [-0.25, -0.2) is 0 Å². The second-order valence-corrected chi connectivity index (χ2v) is 3.36. The van der Waals surface area contributed by atoms with E-state index in [1.807, 2.05) is 12.1 Å². The summed E-state index contributed by atoms with van der Waals surface area (Å²) in [5.41, 5.74) is 2.75. The quantitative estimate of drug-likeness (QED) is 0.804. The molecule has 0 aliphatic carbocycles. The Bertz CT molecular complexity index is 357. The van der Waals surface area contributed by atoms with Crippen LogP contribution in [0.4, 0.5) is 11.4 Å². The van der Waals surface area contributed by atoms with E-state index < -0.39 is 0 Å². The van der Waals surface area contributed by atoms with Gasteiger partial charge in [0.05, 0.1) is 6.61 Å². The fraction of sp³-hybridized carbons (Fsp3) is 0.400. The van der Waals surface area contributed by atoms with Crippen molar-refractivity contribution in [3.63, 3.8) is 0 Å². The second kappa shape index (κ2) is 5.09. The first-order valence-electron chi connectivity index (χ1n) is 4.67. The van der Waals surface area contributed by atoms with Gasteiger partial charge < -0.3 is 10.0 Å². The molecule has 0 amide bonds. The number of anilines is 1. The summed E-state index contributed by atoms with van der Waals surface area (Å²) in [5, 5.41) is 11.7. The third-order valence-corrected chi connectivity index (χ3v) is 2.53. The van der Waals surface area contributed by atoms with Gasteiger partial charge in [-0.15, -0.1) is 17.3 Å². The molecule has 1 aliphatic heterocycles. The molecule has 1 aromatic carbocycles. The molecule has 1 heterocycles. The zero-order valence-corrected chi connectivity index (χ0v) is 9.04. The first-order valence-corrected chi connectivity index (χ1v) is 4.67. The maximum absolute atomic E-state index is 10.3. The van der Waals surface area contributed by atoms with E-state index in [0.29, 0.717) is 12.2 Å². The lowest BCUT2D eigenvalue weighted by Gasteiger charge is -2.17. The highest BCUT2D eigenvalue weighted by Gasteiger charge is 2.18. The average Bonchev–Trinajstić information content (AvgIpc) is 2.61. The minimum Gasteiger partial charge on any atom is -0.395 e. The Morgan fingerprint density at radius 2 is 2.27 bits per heavy atom. The van der Waals surface area contributed by atoms with E-state index in [4.69, 9.17) is 5.11 Å². The van der Waals surface area contributed by atoms with Crippen molar-refractivity contribution in [2.24, 2.45) is 5.18 Å². The maximum atomic E-state index is 10.3. The van der Waals surface area contributed by atoms with Crippen LogP contribution in [0.2, 0.25) is 0 Å². The molecule has 0 radical (unpaired) electrons. The van der Waals surface area contributed by atoms with Gasteiger partial charge in [-0.05, 0) is 35.4 Å². The lowest BCUT2D eigenvalue weighted by molar-refractivity contribution is 0.303. The molecular formula is C10H13ClN2O2. The van der Waals surface area contributed by atoms with E-state index in [-0.39, 0.29) is 19.0 Å². The van der Waals surface area contributed by atoms with Crippen LogP contribution in [-0.2, 0) is 6.42 Å². The lowest BCUT2D eigenvalue weighted by Crippen LogP contribution is -2.23. The van der Waals surface area contributed by atoms with Gasteiger partial charge in [-0.2, -0.15) is 0 Å². The van der Waals surface area contributed by atoms with Crippen LogP contribution in [0, 0.1) is 4.91 Å². The number of hydrogen-bond donors (Lipinski definition) is 1. The summed E-state index contributed by atoms with van der Waals surface area (Å²) < 4.78 is 0. The van der Waals surface area contributed by atoms with Gasteiger partial charge in [-0.3, -0.25) is 0 Å². The average molecular weight is 229 g/mol. The Balaban J connectivity index is 0.00000112. The second-order valence-electron chi connectivity index (χ2n) is 3.36. The minimum atomic E-state index is 0. The summed E-state index contributed by atoms with van der Waals surface area (Å²) in [6.07, 6.45) is 0.929. The first kappa shape index (κ1) is 11.9. The third-order valence-electron chi connectivity index (χ3n) is 2.53. The minimum absolute atomic E-state index is 0. The van der Waals surface area contributed by atoms with E-state index in [2.05, 4.69) is 10.1 Å². The van der Waals surface area contributed by atoms with Gasteiger partial charge in [0, 0.05) is 18.8 Å². The largest absolute Gasteiger partial charge is 0.395 e. The van der Waals surface area contributed by atoms with Crippen LogP contribution in [-0.4, -0.2) is 24.8 Å². The highest BCUT2D eigenvalue weighted by molar-refractivity contribution is 5.85. The Morgan fingerprint density at radius 3 is 2.93 bits per heavy atom. The molecule has 2 rings (SSSR count). The molecule has 0 bridgehead atoms. The molecule has 15 heavy (non-hydrogen) atoms. The molecule has 5 heteroatoms. The molecule has 4 nitrogen and oxygen atoms in total. The van der Waals surface area contributed by atoms with Crippen molar-refractivity contribution >= 4 is 23.8 Å². The summed E-state index contributed by atoms with van der Waals surface area (Å²) in [6.45, 7) is 1.73. The zero-order chi connectivity index (χ0) is 9.97. The molecule has 0 saturated carbocycles. The molecule has 0 saturated heterocycles. The summed E-state index contributed by atoms with van der Waals surface area (Å²) in [4.78, 5) is 12.4. The van der Waals surface area contributed by atoms with Crippen molar-refractivity contribution in [3.05, 3.63) is 28.7 Å². The SMILES string of the molecule is Cl.O=Nc1ccc2c(c1)CCN2CCO. The molecular weight excluding hydrogens is 216 g/mol. The molecule has 1 aliphatic rings. The van der Waals surface area contributed by atoms with Crippen LogP contribution in [0.25, 0.3) is 0 Å². The fourth-order valence-corrected chi connectivity index (χ4v) is 1.87. The summed E-state index contributed by atoms with van der Waals surface area (Å²) in [5.74, 6) is 0. The summed E-state index contributed by atoms with van der Waals surface area (Å²) in [7, 11) is 0. The Hall–Kier alpha value is -1.13. The number of aliphatic hydroxyl groups is 1. The molecule has 1 aromatic rings. The number of fused-ring (bicyclic) bond motifs is 1. The standard InChI is InChI=1S/C10H12N2O2.ClH/c13-6-5-12-4-3-8-7-9(11-14)1-2-10(8)12;/h1-2,7,13H,3-6H2;1H. The van der Waals surface area contributed by atoms with E-state index in [0.717, 1.165) is 24.2 Å². The van der Waals surface area contributed by atoms with Crippen molar-refractivity contribution in [2.75, 3.05) is 24.6 Å². The molecule has 0 spiro atoms. The molecule has 0 unspecified atom stereocenters. The van der Waals surface area contributed by atoms with E-state index in [1.54, 1.807) is 6.07 Å². The topological polar surface area (TPSA) is 52.9 Å². The monoisotopic (exact) mass is 228 g/mol. The number of aliphatic hydroxyl groups excluding tert-OH is 1. The van der Waals surface area contributed by atoms with Crippen molar-refractivity contribution in [1.82, 2.24) is 0 Å². The fourth-order valence-electron chi connectivity index (χ4n) is 1.87. The van der Waals surface area contributed by atoms with Crippen molar-refractivity contribution in [3.8, 4) is 0 Å². The van der Waals surface area contributed by atoms with E-state index in [1.165, 1.54) is 0 Å². The zero-order valence-electron chi connectivity index (χ0n) is 8.22. The number of nitrogens with zero attached hydrogens (tertiary/aromatic N) is 2. The van der Waals surface area contributed by atoms with Crippen molar-refractivity contribution in [2.45, 2.75) is 6.42 Å². The molecule has 0 atom stereocenters. The number of benzene rings is 1. The Kier molecular flexibility index (Phi) is 4.05. The Morgan fingerprint density at radius 1 is 1.47 bits per heavy atom. The molecule has 1 N–H and O–H groups in total. The van der Waals surface area contributed by atoms with Gasteiger partial charge in [0.2, 0.25) is 0 Å². The number of rotatable bonds is 3. The summed E-state index contributed by atoms with van der Waals surface area (Å²) >= 11 is 0. The maximum Gasteiger partial charge on any atom is 0.108 e. The summed E-state index contributed by atoms with van der Waals surface area (Å²) in [6, 6.07) is 5.43. The highest BCUT2D eigenvalue weighted by atomic mass is 35.5. The van der Waals surface area contributed by atoms with Gasteiger partial charge in [0.15, 0.2) is 0 Å². The number of nitroso groups, excluding NO2 is 1. The van der Waals surface area contributed by atoms with Gasteiger partial charge >= 0.3 is 0 Å². The molecule has 82 valence electrons. The van der Waals surface area contributed by atoms with Crippen molar-refractivity contribution in [1.29, 1.82) is 0 Å². The predicted molar refractivity (Wildman–Crippen MR) is 62.1 cm³/mol. The van der Waals surface area contributed by atoms with Crippen LogP contribution >= 0.6 is 12.4 Å². The third kappa shape index (κ3) is 2.27. The Labute approximate surface area is 94.3 Å². The number of β-amino-alcohol motifs (C(OH)–C–C–N with tert-alkyl or cyclic N) is 1. The van der Waals surface area contributed by atoms with E-state index >= 15 is 0 Å². The van der Waals surface area contributed by atoms with Crippen LogP contribution in [0.15, 0.2) is 23.4 Å². The molecule has 0 fully saturated rings. The lowest BCUT2D eigenvalue weighted by atomic mass is 10.1. The van der Waals surface area contributed by atoms with Gasteiger partial charge in [0.1, 0.15) is 5.69 Å². The van der Waals surface area contributed by atoms with E-state index in [9.17, 15) is 4.91 Å². The van der Waals surface area contributed by atoms with Crippen molar-refractivity contribution < 1.29 is 5.11 Å². The van der Waals surface area contributed by atoms with Crippen LogP contribution in [0.3, 0.4) is 0 Å². The van der Waals surface area contributed by atoms with Crippen LogP contribution in [0.1, 0.15) is 5.56 Å². The first-order chi connectivity index (χ1) is 6.85. The smallest absolute Gasteiger partial charge is 0.108 e. The van der Waals surface area contributed by atoms with Crippen LogP contribution < -0.4 is 4.90 Å². The predicted octanol–water partition coefficient (Wildman–Crippen LogP) is 1.86. The van der Waals surface area contributed by atoms with Crippen LogP contribution in [0.5, 0.6) is 0 Å².